The quantitative estimate of drug-likeness (QED) is 0.675. The smallest absolute Gasteiger partial charge is 0.399 e. The molecule has 0 fully saturated rings. The fraction of sp³-hybridized carbons (Fsp3) is 0.133. The van der Waals surface area contributed by atoms with Gasteiger partial charge < -0.3 is 5.73 Å². The molecule has 0 saturated heterocycles. The Kier molecular flexibility index (Phi) is 4.23. The molecule has 6 heteroatoms. The summed E-state index contributed by atoms with van der Waals surface area (Å²) in [6, 6.07) is 9.05. The topological polar surface area (TPSA) is 43.1 Å². The molecule has 0 aliphatic heterocycles. The molecule has 0 heterocycles. The molecule has 0 radical (unpaired) electrons. The Labute approximate surface area is 124 Å². The summed E-state index contributed by atoms with van der Waals surface area (Å²) >= 11 is 5.80. The molecule has 2 aromatic carbocycles. The SMILES string of the molecule is Nc1cc(Cl)cc(C(=O)Cc2cccc(C(F)(F)F)c2)c1. The Bertz CT molecular complexity index is 663. The van der Waals surface area contributed by atoms with Crippen LogP contribution < -0.4 is 5.73 Å². The second kappa shape index (κ2) is 5.77. The highest BCUT2D eigenvalue weighted by Gasteiger charge is 2.30. The van der Waals surface area contributed by atoms with Gasteiger partial charge in [0.15, 0.2) is 5.78 Å². The third-order valence-electron chi connectivity index (χ3n) is 2.86. The van der Waals surface area contributed by atoms with Gasteiger partial charge in [0.1, 0.15) is 0 Å². The van der Waals surface area contributed by atoms with Gasteiger partial charge in [-0.25, -0.2) is 0 Å². The van der Waals surface area contributed by atoms with E-state index in [0.29, 0.717) is 10.7 Å². The minimum absolute atomic E-state index is 0.149. The van der Waals surface area contributed by atoms with Gasteiger partial charge in [-0.05, 0) is 29.8 Å². The van der Waals surface area contributed by atoms with Crippen molar-refractivity contribution in [1.82, 2.24) is 0 Å². The van der Waals surface area contributed by atoms with Crippen molar-refractivity contribution in [2.24, 2.45) is 0 Å². The lowest BCUT2D eigenvalue weighted by molar-refractivity contribution is -0.137. The third-order valence-corrected chi connectivity index (χ3v) is 3.08. The van der Waals surface area contributed by atoms with E-state index in [1.54, 1.807) is 0 Å². The maximum Gasteiger partial charge on any atom is 0.416 e. The van der Waals surface area contributed by atoms with E-state index in [4.69, 9.17) is 17.3 Å². The number of alkyl halides is 3. The molecule has 2 rings (SSSR count). The van der Waals surface area contributed by atoms with Crippen LogP contribution in [0.2, 0.25) is 5.02 Å². The molecule has 0 bridgehead atoms. The van der Waals surface area contributed by atoms with E-state index in [-0.39, 0.29) is 23.3 Å². The first-order valence-electron chi connectivity index (χ1n) is 6.01. The number of rotatable bonds is 3. The highest BCUT2D eigenvalue weighted by atomic mass is 35.5. The highest BCUT2D eigenvalue weighted by Crippen LogP contribution is 2.29. The Hall–Kier alpha value is -2.01. The average molecular weight is 314 g/mol. The number of carbonyl (C=O) groups is 1. The van der Waals surface area contributed by atoms with Gasteiger partial charge in [0, 0.05) is 22.7 Å². The van der Waals surface area contributed by atoms with Gasteiger partial charge in [0.2, 0.25) is 0 Å². The van der Waals surface area contributed by atoms with Gasteiger partial charge in [-0.3, -0.25) is 4.79 Å². The van der Waals surface area contributed by atoms with Gasteiger partial charge in [-0.2, -0.15) is 13.2 Å². The van der Waals surface area contributed by atoms with Crippen LogP contribution in [0.3, 0.4) is 0 Å². The lowest BCUT2D eigenvalue weighted by Gasteiger charge is -2.09. The maximum atomic E-state index is 12.6. The van der Waals surface area contributed by atoms with Crippen molar-refractivity contribution in [2.45, 2.75) is 12.6 Å². The lowest BCUT2D eigenvalue weighted by Crippen LogP contribution is -2.08. The van der Waals surface area contributed by atoms with Crippen LogP contribution in [0.1, 0.15) is 21.5 Å². The van der Waals surface area contributed by atoms with Crippen molar-refractivity contribution >= 4 is 23.1 Å². The summed E-state index contributed by atoms with van der Waals surface area (Å²) in [5.74, 6) is -0.344. The molecule has 0 aromatic heterocycles. The molecule has 0 atom stereocenters. The molecule has 0 unspecified atom stereocenters. The first-order chi connectivity index (χ1) is 9.75. The van der Waals surface area contributed by atoms with Crippen molar-refractivity contribution in [2.75, 3.05) is 5.73 Å². The molecular weight excluding hydrogens is 303 g/mol. The largest absolute Gasteiger partial charge is 0.416 e. The van der Waals surface area contributed by atoms with Crippen molar-refractivity contribution in [3.05, 3.63) is 64.2 Å². The Morgan fingerprint density at radius 3 is 2.48 bits per heavy atom. The standard InChI is InChI=1S/C15H11ClF3NO/c16-12-6-10(7-13(20)8-12)14(21)5-9-2-1-3-11(4-9)15(17,18)19/h1-4,6-8H,5,20H2. The minimum atomic E-state index is -4.43. The Morgan fingerprint density at radius 1 is 1.14 bits per heavy atom. The van der Waals surface area contributed by atoms with Gasteiger partial charge in [-0.15, -0.1) is 0 Å². The lowest BCUT2D eigenvalue weighted by atomic mass is 10.0. The van der Waals surface area contributed by atoms with Crippen LogP contribution in [-0.4, -0.2) is 5.78 Å². The highest BCUT2D eigenvalue weighted by molar-refractivity contribution is 6.31. The summed E-state index contributed by atoms with van der Waals surface area (Å²) in [5.41, 5.74) is 5.70. The molecule has 0 amide bonds. The van der Waals surface area contributed by atoms with Crippen LogP contribution in [-0.2, 0) is 12.6 Å². The first-order valence-corrected chi connectivity index (χ1v) is 6.39. The van der Waals surface area contributed by atoms with Crippen molar-refractivity contribution in [1.29, 1.82) is 0 Å². The second-order valence-corrected chi connectivity index (χ2v) is 5.01. The third kappa shape index (κ3) is 3.98. The monoisotopic (exact) mass is 313 g/mol. The van der Waals surface area contributed by atoms with E-state index in [1.165, 1.54) is 30.3 Å². The van der Waals surface area contributed by atoms with Gasteiger partial charge in [0.05, 0.1) is 5.56 Å². The number of benzene rings is 2. The van der Waals surface area contributed by atoms with Gasteiger partial charge >= 0.3 is 6.18 Å². The van der Waals surface area contributed by atoms with Crippen LogP contribution >= 0.6 is 11.6 Å². The van der Waals surface area contributed by atoms with Crippen LogP contribution in [0.25, 0.3) is 0 Å². The first kappa shape index (κ1) is 15.4. The summed E-state index contributed by atoms with van der Waals surface area (Å²) in [5, 5.41) is 0.308. The summed E-state index contributed by atoms with van der Waals surface area (Å²) in [7, 11) is 0. The van der Waals surface area contributed by atoms with Gasteiger partial charge in [0.25, 0.3) is 0 Å². The van der Waals surface area contributed by atoms with E-state index in [2.05, 4.69) is 0 Å². The molecule has 0 aliphatic rings. The molecule has 0 aliphatic carbocycles. The second-order valence-electron chi connectivity index (χ2n) is 4.57. The number of Topliss-reactive ketones (excluding diaryl/α,β-unsaturated/α-hetero) is 1. The molecular formula is C15H11ClF3NO. The molecule has 110 valence electrons. The van der Waals surface area contributed by atoms with Crippen LogP contribution in [0.15, 0.2) is 42.5 Å². The number of ketones is 1. The fourth-order valence-corrected chi connectivity index (χ4v) is 2.16. The van der Waals surface area contributed by atoms with Crippen molar-refractivity contribution < 1.29 is 18.0 Å². The Morgan fingerprint density at radius 2 is 1.86 bits per heavy atom. The van der Waals surface area contributed by atoms with Crippen LogP contribution in [0.5, 0.6) is 0 Å². The summed E-state index contributed by atoms with van der Waals surface area (Å²) < 4.78 is 37.8. The predicted molar refractivity (Wildman–Crippen MR) is 75.3 cm³/mol. The summed E-state index contributed by atoms with van der Waals surface area (Å²) in [4.78, 5) is 12.1. The number of hydrogen-bond donors (Lipinski definition) is 1. The number of hydrogen-bond acceptors (Lipinski definition) is 2. The number of nitrogens with two attached hydrogens (primary N) is 1. The summed E-state index contributed by atoms with van der Waals surface area (Å²) in [6.07, 6.45) is -4.58. The number of carbonyl (C=O) groups excluding carboxylic acids is 1. The van der Waals surface area contributed by atoms with Crippen molar-refractivity contribution in [3.8, 4) is 0 Å². The fourth-order valence-electron chi connectivity index (χ4n) is 1.92. The van der Waals surface area contributed by atoms with E-state index >= 15 is 0 Å². The zero-order valence-electron chi connectivity index (χ0n) is 10.7. The molecule has 2 nitrogen and oxygen atoms in total. The molecule has 0 spiro atoms. The van der Waals surface area contributed by atoms with Crippen LogP contribution in [0.4, 0.5) is 18.9 Å². The minimum Gasteiger partial charge on any atom is -0.399 e. The average Bonchev–Trinajstić information content (AvgIpc) is 2.37. The zero-order chi connectivity index (χ0) is 15.6. The molecule has 2 aromatic rings. The Balaban J connectivity index is 2.23. The van der Waals surface area contributed by atoms with E-state index in [0.717, 1.165) is 12.1 Å². The van der Waals surface area contributed by atoms with Crippen molar-refractivity contribution in [3.63, 3.8) is 0 Å². The molecule has 0 saturated carbocycles. The maximum absolute atomic E-state index is 12.6. The zero-order valence-corrected chi connectivity index (χ0v) is 11.5. The number of halogens is 4. The molecule has 21 heavy (non-hydrogen) atoms. The number of anilines is 1. The summed E-state index contributed by atoms with van der Waals surface area (Å²) in [6.45, 7) is 0. The normalized spacial score (nSPS) is 11.4. The van der Waals surface area contributed by atoms with E-state index < -0.39 is 11.7 Å². The number of nitrogen functional groups attached to an aromatic ring is 1. The van der Waals surface area contributed by atoms with E-state index in [9.17, 15) is 18.0 Å². The van der Waals surface area contributed by atoms with Crippen LogP contribution in [0, 0.1) is 0 Å². The van der Waals surface area contributed by atoms with Gasteiger partial charge in [-0.1, -0.05) is 29.8 Å². The predicted octanol–water partition coefficient (Wildman–Crippen LogP) is 4.37. The van der Waals surface area contributed by atoms with E-state index in [1.807, 2.05) is 0 Å². The molecule has 2 N–H and O–H groups in total.